The molecule has 4 nitrogen and oxygen atoms in total. The van der Waals surface area contributed by atoms with Gasteiger partial charge in [0, 0.05) is 11.1 Å². The van der Waals surface area contributed by atoms with Crippen molar-refractivity contribution < 1.29 is 14.4 Å². The first-order valence-electron chi connectivity index (χ1n) is 6.38. The van der Waals surface area contributed by atoms with Crippen LogP contribution in [0.2, 0.25) is 0 Å². The molecule has 2 aromatic carbocycles. The molecule has 0 atom stereocenters. The van der Waals surface area contributed by atoms with E-state index in [0.717, 1.165) is 0 Å². The Balaban J connectivity index is 2.32. The molecular weight excluding hydrogens is 271 g/mol. The van der Waals surface area contributed by atoms with Crippen molar-refractivity contribution in [3.05, 3.63) is 65.0 Å². The van der Waals surface area contributed by atoms with E-state index in [0.29, 0.717) is 28.1 Å². The molecule has 1 amide bonds. The number of amides is 1. The van der Waals surface area contributed by atoms with Crippen molar-refractivity contribution in [3.63, 3.8) is 0 Å². The molecule has 0 aromatic heterocycles. The molecule has 0 aliphatic rings. The summed E-state index contributed by atoms with van der Waals surface area (Å²) in [4.78, 5) is 12.3. The lowest BCUT2D eigenvalue weighted by Gasteiger charge is -2.11. The second-order valence-corrected chi connectivity index (χ2v) is 4.64. The van der Waals surface area contributed by atoms with Gasteiger partial charge >= 0.3 is 0 Å². The van der Waals surface area contributed by atoms with Crippen molar-refractivity contribution in [2.75, 3.05) is 5.32 Å². The molecule has 0 spiro atoms. The highest BCUT2D eigenvalue weighted by Crippen LogP contribution is 2.18. The minimum Gasteiger partial charge on any atom is -0.411 e. The molecule has 108 valence electrons. The Hall–Kier alpha value is -2.69. The summed E-state index contributed by atoms with van der Waals surface area (Å²) in [6, 6.07) is 11.0. The number of carbonyl (C=O) groups excluding carboxylic acids is 1. The normalized spacial score (nSPS) is 11.3. The second-order valence-electron chi connectivity index (χ2n) is 4.64. The van der Waals surface area contributed by atoms with Crippen LogP contribution in [0.1, 0.15) is 28.4 Å². The molecule has 0 saturated heterocycles. The third-order valence-electron chi connectivity index (χ3n) is 3.15. The highest BCUT2D eigenvalue weighted by Gasteiger charge is 2.13. The maximum absolute atomic E-state index is 13.1. The molecule has 0 bridgehead atoms. The number of nitrogens with one attached hydrogen (secondary N) is 1. The predicted molar refractivity (Wildman–Crippen MR) is 79.5 cm³/mol. The number of carbonyl (C=O) groups is 1. The van der Waals surface area contributed by atoms with Gasteiger partial charge in [-0.3, -0.25) is 4.79 Å². The van der Waals surface area contributed by atoms with Crippen LogP contribution in [0.4, 0.5) is 10.1 Å². The first-order chi connectivity index (χ1) is 10.0. The molecule has 0 unspecified atom stereocenters. The average molecular weight is 286 g/mol. The Morgan fingerprint density at radius 1 is 1.19 bits per heavy atom. The van der Waals surface area contributed by atoms with E-state index in [-0.39, 0.29) is 11.7 Å². The van der Waals surface area contributed by atoms with E-state index in [1.165, 1.54) is 18.2 Å². The summed E-state index contributed by atoms with van der Waals surface area (Å²) in [6.07, 6.45) is 0. The molecule has 2 N–H and O–H groups in total. The molecule has 2 aromatic rings. The Morgan fingerprint density at radius 3 is 2.57 bits per heavy atom. The number of benzene rings is 2. The Bertz CT molecular complexity index is 711. The fraction of sp³-hybridized carbons (Fsp3) is 0.125. The van der Waals surface area contributed by atoms with Gasteiger partial charge < -0.3 is 10.5 Å². The number of aryl methyl sites for hydroxylation is 1. The summed E-state index contributed by atoms with van der Waals surface area (Å²) in [5, 5.41) is 14.8. The van der Waals surface area contributed by atoms with E-state index in [2.05, 4.69) is 10.5 Å². The third-order valence-corrected chi connectivity index (χ3v) is 3.15. The zero-order valence-electron chi connectivity index (χ0n) is 11.7. The number of hydrogen-bond acceptors (Lipinski definition) is 3. The van der Waals surface area contributed by atoms with E-state index in [1.54, 1.807) is 38.1 Å². The lowest BCUT2D eigenvalue weighted by Crippen LogP contribution is -2.15. The quantitative estimate of drug-likeness (QED) is 0.514. The minimum atomic E-state index is -0.382. The summed E-state index contributed by atoms with van der Waals surface area (Å²) in [7, 11) is 0. The number of hydrogen-bond donors (Lipinski definition) is 2. The Kier molecular flexibility index (Phi) is 4.33. The van der Waals surface area contributed by atoms with Gasteiger partial charge in [-0.25, -0.2) is 4.39 Å². The zero-order chi connectivity index (χ0) is 15.4. The van der Waals surface area contributed by atoms with Gasteiger partial charge in [-0.2, -0.15) is 0 Å². The Labute approximate surface area is 121 Å². The van der Waals surface area contributed by atoms with Gasteiger partial charge in [-0.15, -0.1) is 0 Å². The lowest BCUT2D eigenvalue weighted by molar-refractivity contribution is 0.102. The van der Waals surface area contributed by atoms with Crippen LogP contribution >= 0.6 is 0 Å². The van der Waals surface area contributed by atoms with E-state index in [4.69, 9.17) is 5.21 Å². The standard InChI is InChI=1S/C16H15FN2O2/c1-10-9-12(17)7-8-13(10)16(20)18-15-6-4-3-5-14(15)11(2)19-21/h3-9,21H,1-2H3,(H,18,20)/b19-11-. The third kappa shape index (κ3) is 3.25. The first-order valence-corrected chi connectivity index (χ1v) is 6.38. The van der Waals surface area contributed by atoms with Crippen LogP contribution in [-0.2, 0) is 0 Å². The van der Waals surface area contributed by atoms with Crippen LogP contribution < -0.4 is 5.32 Å². The van der Waals surface area contributed by atoms with E-state index in [1.807, 2.05) is 0 Å². The number of oxime groups is 1. The summed E-state index contributed by atoms with van der Waals surface area (Å²) in [5.74, 6) is -0.724. The van der Waals surface area contributed by atoms with E-state index in [9.17, 15) is 9.18 Å². The number of nitrogens with zero attached hydrogens (tertiary/aromatic N) is 1. The van der Waals surface area contributed by atoms with Crippen LogP contribution in [0.5, 0.6) is 0 Å². The van der Waals surface area contributed by atoms with Gasteiger partial charge in [0.05, 0.1) is 11.4 Å². The van der Waals surface area contributed by atoms with Crippen molar-refractivity contribution >= 4 is 17.3 Å². The monoisotopic (exact) mass is 286 g/mol. The highest BCUT2D eigenvalue weighted by molar-refractivity contribution is 6.10. The predicted octanol–water partition coefficient (Wildman–Crippen LogP) is 3.58. The molecule has 5 heteroatoms. The van der Waals surface area contributed by atoms with Gasteiger partial charge in [-0.05, 0) is 43.7 Å². The lowest BCUT2D eigenvalue weighted by atomic mass is 10.1. The smallest absolute Gasteiger partial charge is 0.255 e. The maximum atomic E-state index is 13.1. The SMILES string of the molecule is C/C(=N/O)c1ccccc1NC(=O)c1ccc(F)cc1C. The van der Waals surface area contributed by atoms with Crippen molar-refractivity contribution in [1.29, 1.82) is 0 Å². The van der Waals surface area contributed by atoms with Crippen LogP contribution in [0, 0.1) is 12.7 Å². The van der Waals surface area contributed by atoms with Gasteiger partial charge in [0.1, 0.15) is 5.82 Å². The van der Waals surface area contributed by atoms with Crippen LogP contribution in [0.25, 0.3) is 0 Å². The van der Waals surface area contributed by atoms with Crippen molar-refractivity contribution in [1.82, 2.24) is 0 Å². The first kappa shape index (κ1) is 14.7. The molecule has 21 heavy (non-hydrogen) atoms. The number of halogens is 1. The molecule has 0 aliphatic carbocycles. The number of rotatable bonds is 3. The van der Waals surface area contributed by atoms with E-state index >= 15 is 0 Å². The summed E-state index contributed by atoms with van der Waals surface area (Å²) < 4.78 is 13.1. The molecule has 0 radical (unpaired) electrons. The van der Waals surface area contributed by atoms with E-state index < -0.39 is 0 Å². The highest BCUT2D eigenvalue weighted by atomic mass is 19.1. The fourth-order valence-electron chi connectivity index (χ4n) is 2.03. The molecule has 2 rings (SSSR count). The average Bonchev–Trinajstić information content (AvgIpc) is 2.46. The Morgan fingerprint density at radius 2 is 1.90 bits per heavy atom. The van der Waals surface area contributed by atoms with Crippen LogP contribution in [-0.4, -0.2) is 16.8 Å². The minimum absolute atomic E-state index is 0.342. The second kappa shape index (κ2) is 6.17. The van der Waals surface area contributed by atoms with Crippen molar-refractivity contribution in [2.24, 2.45) is 5.16 Å². The van der Waals surface area contributed by atoms with Crippen molar-refractivity contribution in [3.8, 4) is 0 Å². The zero-order valence-corrected chi connectivity index (χ0v) is 11.7. The van der Waals surface area contributed by atoms with Gasteiger partial charge in [-0.1, -0.05) is 23.4 Å². The summed E-state index contributed by atoms with van der Waals surface area (Å²) in [5.41, 5.74) is 2.48. The number of anilines is 1. The molecule has 0 fully saturated rings. The molecule has 0 heterocycles. The molecule has 0 aliphatic heterocycles. The van der Waals surface area contributed by atoms with Gasteiger partial charge in [0.15, 0.2) is 0 Å². The maximum Gasteiger partial charge on any atom is 0.255 e. The van der Waals surface area contributed by atoms with Crippen LogP contribution in [0.15, 0.2) is 47.6 Å². The molecule has 0 saturated carbocycles. The van der Waals surface area contributed by atoms with Crippen LogP contribution in [0.3, 0.4) is 0 Å². The fourth-order valence-corrected chi connectivity index (χ4v) is 2.03. The largest absolute Gasteiger partial charge is 0.411 e. The molecular formula is C16H15FN2O2. The van der Waals surface area contributed by atoms with Gasteiger partial charge in [0.25, 0.3) is 5.91 Å². The van der Waals surface area contributed by atoms with Gasteiger partial charge in [0.2, 0.25) is 0 Å². The summed E-state index contributed by atoms with van der Waals surface area (Å²) >= 11 is 0. The number of para-hydroxylation sites is 1. The summed E-state index contributed by atoms with van der Waals surface area (Å²) in [6.45, 7) is 3.30. The van der Waals surface area contributed by atoms with Crippen molar-refractivity contribution in [2.45, 2.75) is 13.8 Å². The topological polar surface area (TPSA) is 61.7 Å².